The molecule has 1 unspecified atom stereocenters. The molecular formula is C24H26FN3O2. The number of hydrogen-bond acceptors (Lipinski definition) is 4. The molecule has 1 amide bonds. The van der Waals surface area contributed by atoms with Crippen molar-refractivity contribution >= 4 is 22.5 Å². The van der Waals surface area contributed by atoms with E-state index in [2.05, 4.69) is 29.0 Å². The average Bonchev–Trinajstić information content (AvgIpc) is 2.77. The number of amides is 1. The summed E-state index contributed by atoms with van der Waals surface area (Å²) in [5, 5.41) is 3.84. The van der Waals surface area contributed by atoms with Crippen LogP contribution in [0.15, 0.2) is 54.7 Å². The fraction of sp³-hybridized carbons (Fsp3) is 0.333. The van der Waals surface area contributed by atoms with Crippen molar-refractivity contribution in [2.75, 3.05) is 11.4 Å². The monoisotopic (exact) mass is 407 g/mol. The quantitative estimate of drug-likeness (QED) is 0.656. The van der Waals surface area contributed by atoms with Gasteiger partial charge in [-0.3, -0.25) is 9.78 Å². The molecule has 0 saturated carbocycles. The number of fused-ring (bicyclic) bond motifs is 2. The molecule has 0 saturated heterocycles. The Morgan fingerprint density at radius 2 is 2.03 bits per heavy atom. The number of nitrogens with one attached hydrogen (secondary N) is 1. The predicted molar refractivity (Wildman–Crippen MR) is 116 cm³/mol. The van der Waals surface area contributed by atoms with Gasteiger partial charge in [0.2, 0.25) is 0 Å². The highest BCUT2D eigenvalue weighted by Gasteiger charge is 2.31. The molecule has 1 aliphatic heterocycles. The van der Waals surface area contributed by atoms with E-state index in [1.54, 1.807) is 12.3 Å². The molecule has 3 aromatic rings. The van der Waals surface area contributed by atoms with E-state index in [0.29, 0.717) is 18.8 Å². The molecular weight excluding hydrogens is 381 g/mol. The standard InChI is InChI=1S/C24H26FN3O2/c1-3-19(4-2)27-24(29)22-15-28(20-9-5-6-10-21(20)30-22)14-17-13-18(25)12-16-8-7-11-26-23(16)17/h5-13,19,22H,3-4,14-15H2,1-2H3,(H,27,29). The number of aromatic nitrogens is 1. The van der Waals surface area contributed by atoms with Crippen LogP contribution in [0.4, 0.5) is 10.1 Å². The molecule has 4 rings (SSSR count). The maximum Gasteiger partial charge on any atom is 0.263 e. The van der Waals surface area contributed by atoms with Crippen LogP contribution >= 0.6 is 0 Å². The number of halogens is 1. The minimum atomic E-state index is -0.631. The van der Waals surface area contributed by atoms with Gasteiger partial charge < -0.3 is 15.0 Å². The van der Waals surface area contributed by atoms with Crippen molar-refractivity contribution in [3.63, 3.8) is 0 Å². The lowest BCUT2D eigenvalue weighted by atomic mass is 10.1. The first-order valence-electron chi connectivity index (χ1n) is 10.4. The van der Waals surface area contributed by atoms with Gasteiger partial charge in [-0.15, -0.1) is 0 Å². The number of para-hydroxylation sites is 2. The van der Waals surface area contributed by atoms with Gasteiger partial charge in [-0.25, -0.2) is 4.39 Å². The van der Waals surface area contributed by atoms with E-state index in [-0.39, 0.29) is 17.8 Å². The first kappa shape index (κ1) is 20.1. The fourth-order valence-corrected chi connectivity index (χ4v) is 3.93. The molecule has 1 aromatic heterocycles. The number of nitrogens with zero attached hydrogens (tertiary/aromatic N) is 2. The summed E-state index contributed by atoms with van der Waals surface area (Å²) in [6.07, 6.45) is 2.82. The van der Waals surface area contributed by atoms with Crippen LogP contribution in [0.5, 0.6) is 5.75 Å². The number of hydrogen-bond donors (Lipinski definition) is 1. The van der Waals surface area contributed by atoms with Gasteiger partial charge in [0.25, 0.3) is 5.91 Å². The highest BCUT2D eigenvalue weighted by molar-refractivity contribution is 5.84. The maximum atomic E-state index is 14.2. The number of ether oxygens (including phenoxy) is 1. The number of carbonyl (C=O) groups excluding carboxylic acids is 1. The third-order valence-corrected chi connectivity index (χ3v) is 5.60. The van der Waals surface area contributed by atoms with E-state index in [9.17, 15) is 9.18 Å². The Labute approximate surface area is 175 Å². The number of anilines is 1. The zero-order valence-corrected chi connectivity index (χ0v) is 17.3. The van der Waals surface area contributed by atoms with E-state index >= 15 is 0 Å². The second kappa shape index (κ2) is 8.69. The van der Waals surface area contributed by atoms with E-state index in [0.717, 1.165) is 35.0 Å². The highest BCUT2D eigenvalue weighted by atomic mass is 19.1. The molecule has 1 aliphatic rings. The van der Waals surface area contributed by atoms with Crippen LogP contribution in [0.25, 0.3) is 10.9 Å². The third kappa shape index (κ3) is 4.08. The molecule has 0 radical (unpaired) electrons. The van der Waals surface area contributed by atoms with Gasteiger partial charge in [0.1, 0.15) is 11.6 Å². The van der Waals surface area contributed by atoms with Crippen molar-refractivity contribution in [2.45, 2.75) is 45.4 Å². The number of rotatable bonds is 6. The topological polar surface area (TPSA) is 54.5 Å². The smallest absolute Gasteiger partial charge is 0.263 e. The third-order valence-electron chi connectivity index (χ3n) is 5.60. The molecule has 5 nitrogen and oxygen atoms in total. The van der Waals surface area contributed by atoms with Gasteiger partial charge in [-0.1, -0.05) is 32.0 Å². The largest absolute Gasteiger partial charge is 0.477 e. The molecule has 156 valence electrons. The lowest BCUT2D eigenvalue weighted by Gasteiger charge is -2.36. The molecule has 0 aliphatic carbocycles. The molecule has 0 bridgehead atoms. The Kier molecular flexibility index (Phi) is 5.84. The van der Waals surface area contributed by atoms with E-state index in [4.69, 9.17) is 4.74 Å². The molecule has 2 heterocycles. The Hall–Kier alpha value is -3.15. The van der Waals surface area contributed by atoms with Crippen LogP contribution in [-0.2, 0) is 11.3 Å². The minimum Gasteiger partial charge on any atom is -0.477 e. The van der Waals surface area contributed by atoms with Gasteiger partial charge in [-0.05, 0) is 43.2 Å². The molecule has 0 spiro atoms. The Morgan fingerprint density at radius 1 is 1.23 bits per heavy atom. The lowest BCUT2D eigenvalue weighted by Crippen LogP contribution is -2.51. The van der Waals surface area contributed by atoms with Crippen molar-refractivity contribution in [1.29, 1.82) is 0 Å². The molecule has 1 N–H and O–H groups in total. The van der Waals surface area contributed by atoms with Gasteiger partial charge in [0.15, 0.2) is 6.10 Å². The Bertz CT molecular complexity index is 1050. The van der Waals surface area contributed by atoms with E-state index < -0.39 is 6.10 Å². The summed E-state index contributed by atoms with van der Waals surface area (Å²) in [5.74, 6) is 0.239. The van der Waals surface area contributed by atoms with Crippen LogP contribution in [0, 0.1) is 5.82 Å². The highest BCUT2D eigenvalue weighted by Crippen LogP contribution is 2.35. The number of carbonyl (C=O) groups is 1. The number of pyridine rings is 1. The van der Waals surface area contributed by atoms with Crippen LogP contribution in [0.2, 0.25) is 0 Å². The summed E-state index contributed by atoms with van der Waals surface area (Å²) >= 11 is 0. The van der Waals surface area contributed by atoms with Crippen molar-refractivity contribution in [3.05, 3.63) is 66.1 Å². The summed E-state index contributed by atoms with van der Waals surface area (Å²) in [7, 11) is 0. The van der Waals surface area contributed by atoms with Gasteiger partial charge >= 0.3 is 0 Å². The zero-order valence-electron chi connectivity index (χ0n) is 17.3. The molecule has 1 atom stereocenters. The second-order valence-electron chi connectivity index (χ2n) is 7.62. The molecule has 2 aromatic carbocycles. The molecule has 6 heteroatoms. The van der Waals surface area contributed by atoms with Crippen LogP contribution in [0.3, 0.4) is 0 Å². The van der Waals surface area contributed by atoms with Gasteiger partial charge in [-0.2, -0.15) is 0 Å². The van der Waals surface area contributed by atoms with Crippen LogP contribution in [0.1, 0.15) is 32.3 Å². The SMILES string of the molecule is CCC(CC)NC(=O)C1CN(Cc2cc(F)cc3cccnc23)c2ccccc2O1. The molecule has 30 heavy (non-hydrogen) atoms. The average molecular weight is 407 g/mol. The van der Waals surface area contributed by atoms with E-state index in [1.807, 2.05) is 30.3 Å². The van der Waals surface area contributed by atoms with Crippen LogP contribution < -0.4 is 15.0 Å². The maximum absolute atomic E-state index is 14.2. The summed E-state index contributed by atoms with van der Waals surface area (Å²) in [6.45, 7) is 4.92. The van der Waals surface area contributed by atoms with Gasteiger partial charge in [0, 0.05) is 29.7 Å². The van der Waals surface area contributed by atoms with Gasteiger partial charge in [0.05, 0.1) is 17.7 Å². The summed E-state index contributed by atoms with van der Waals surface area (Å²) in [5.41, 5.74) is 2.43. The first-order valence-corrected chi connectivity index (χ1v) is 10.4. The first-order chi connectivity index (χ1) is 14.6. The fourth-order valence-electron chi connectivity index (χ4n) is 3.93. The summed E-state index contributed by atoms with van der Waals surface area (Å²) in [6, 6.07) is 14.4. The predicted octanol–water partition coefficient (Wildman–Crippen LogP) is 4.45. The number of benzene rings is 2. The Morgan fingerprint density at radius 3 is 2.83 bits per heavy atom. The van der Waals surface area contributed by atoms with Crippen molar-refractivity contribution < 1.29 is 13.9 Å². The summed E-state index contributed by atoms with van der Waals surface area (Å²) < 4.78 is 20.3. The van der Waals surface area contributed by atoms with Crippen LogP contribution in [-0.4, -0.2) is 29.6 Å². The molecule has 0 fully saturated rings. The summed E-state index contributed by atoms with van der Waals surface area (Å²) in [4.78, 5) is 19.4. The Balaban J connectivity index is 1.65. The van der Waals surface area contributed by atoms with Crippen molar-refractivity contribution in [1.82, 2.24) is 10.3 Å². The normalized spacial score (nSPS) is 15.7. The lowest BCUT2D eigenvalue weighted by molar-refractivity contribution is -0.128. The van der Waals surface area contributed by atoms with E-state index in [1.165, 1.54) is 12.1 Å². The zero-order chi connectivity index (χ0) is 21.1. The van der Waals surface area contributed by atoms with Crippen molar-refractivity contribution in [3.8, 4) is 5.75 Å². The minimum absolute atomic E-state index is 0.120. The second-order valence-corrected chi connectivity index (χ2v) is 7.62. The van der Waals surface area contributed by atoms with Crippen molar-refractivity contribution in [2.24, 2.45) is 0 Å².